The van der Waals surface area contributed by atoms with E-state index in [9.17, 15) is 14.7 Å². The highest BCUT2D eigenvalue weighted by Crippen LogP contribution is 2.25. The molecule has 2 aromatic carbocycles. The molecule has 0 spiro atoms. The minimum absolute atomic E-state index is 0.205. The van der Waals surface area contributed by atoms with E-state index in [0.717, 1.165) is 10.8 Å². The Balaban J connectivity index is 1.98. The second-order valence-electron chi connectivity index (χ2n) is 5.74. The lowest BCUT2D eigenvalue weighted by Crippen LogP contribution is -2.51. The van der Waals surface area contributed by atoms with E-state index in [-0.39, 0.29) is 12.3 Å². The lowest BCUT2D eigenvalue weighted by Gasteiger charge is -2.36. The zero-order chi connectivity index (χ0) is 16.4. The molecule has 23 heavy (non-hydrogen) atoms. The van der Waals surface area contributed by atoms with Gasteiger partial charge in [-0.1, -0.05) is 36.4 Å². The van der Waals surface area contributed by atoms with Gasteiger partial charge in [0.15, 0.2) is 0 Å². The molecule has 1 amide bonds. The van der Waals surface area contributed by atoms with E-state index in [2.05, 4.69) is 0 Å². The third-order valence-corrected chi connectivity index (χ3v) is 4.33. The number of hydrogen-bond donors (Lipinski definition) is 1. The van der Waals surface area contributed by atoms with Gasteiger partial charge in [0, 0.05) is 18.5 Å². The molecule has 0 unspecified atom stereocenters. The molecule has 5 nitrogen and oxygen atoms in total. The number of nitrogens with zero attached hydrogens (tertiary/aromatic N) is 1. The Morgan fingerprint density at radius 1 is 1.17 bits per heavy atom. The van der Waals surface area contributed by atoms with Gasteiger partial charge in [0.25, 0.3) is 5.91 Å². The van der Waals surface area contributed by atoms with Crippen molar-refractivity contribution in [3.63, 3.8) is 0 Å². The number of ether oxygens (including phenoxy) is 1. The molecule has 3 rings (SSSR count). The van der Waals surface area contributed by atoms with E-state index in [0.29, 0.717) is 18.5 Å². The van der Waals surface area contributed by atoms with Gasteiger partial charge < -0.3 is 14.7 Å². The Morgan fingerprint density at radius 3 is 2.70 bits per heavy atom. The number of piperidine rings is 1. The second kappa shape index (κ2) is 6.38. The van der Waals surface area contributed by atoms with Crippen molar-refractivity contribution in [2.75, 3.05) is 13.7 Å². The molecule has 1 N–H and O–H groups in total. The summed E-state index contributed by atoms with van der Waals surface area (Å²) in [5.74, 6) is -0.693. The van der Waals surface area contributed by atoms with Gasteiger partial charge in [0.05, 0.1) is 13.2 Å². The monoisotopic (exact) mass is 313 g/mol. The number of aliphatic hydroxyl groups excluding tert-OH is 1. The number of benzene rings is 2. The van der Waals surface area contributed by atoms with Crippen LogP contribution >= 0.6 is 0 Å². The number of likely N-dealkylation sites (tertiary alicyclic amines) is 1. The number of aliphatic hydroxyl groups is 1. The molecular formula is C18H19NO4. The average Bonchev–Trinajstić information content (AvgIpc) is 2.60. The van der Waals surface area contributed by atoms with Crippen molar-refractivity contribution in [3.8, 4) is 0 Å². The number of carbonyl (C=O) groups excluding carboxylic acids is 2. The lowest BCUT2D eigenvalue weighted by atomic mass is 9.97. The molecule has 0 aromatic heterocycles. The van der Waals surface area contributed by atoms with Crippen LogP contribution in [0.4, 0.5) is 0 Å². The molecule has 2 aromatic rings. The van der Waals surface area contributed by atoms with E-state index in [4.69, 9.17) is 4.74 Å². The van der Waals surface area contributed by atoms with Gasteiger partial charge in [-0.3, -0.25) is 4.79 Å². The van der Waals surface area contributed by atoms with Crippen LogP contribution < -0.4 is 0 Å². The van der Waals surface area contributed by atoms with Crippen molar-refractivity contribution in [2.45, 2.75) is 25.0 Å². The van der Waals surface area contributed by atoms with Crippen molar-refractivity contribution in [3.05, 3.63) is 48.0 Å². The Labute approximate surface area is 134 Å². The summed E-state index contributed by atoms with van der Waals surface area (Å²) in [5, 5.41) is 11.7. The van der Waals surface area contributed by atoms with Gasteiger partial charge in [-0.05, 0) is 23.3 Å². The third-order valence-electron chi connectivity index (χ3n) is 4.33. The first-order valence-electron chi connectivity index (χ1n) is 7.66. The van der Waals surface area contributed by atoms with E-state index in [1.807, 2.05) is 36.4 Å². The normalized spacial score (nSPS) is 21.2. The first kappa shape index (κ1) is 15.5. The molecule has 0 saturated carbocycles. The smallest absolute Gasteiger partial charge is 0.328 e. The van der Waals surface area contributed by atoms with Crippen LogP contribution in [0.5, 0.6) is 0 Å². The fourth-order valence-corrected chi connectivity index (χ4v) is 3.12. The summed E-state index contributed by atoms with van der Waals surface area (Å²) in [6.07, 6.45) is 0.0864. The van der Waals surface area contributed by atoms with Crippen molar-refractivity contribution >= 4 is 22.6 Å². The Bertz CT molecular complexity index is 737. The van der Waals surface area contributed by atoms with E-state index in [1.165, 1.54) is 12.0 Å². The lowest BCUT2D eigenvalue weighted by molar-refractivity contribution is -0.148. The maximum atomic E-state index is 13.0. The topological polar surface area (TPSA) is 66.8 Å². The number of methoxy groups -OCH3 is 1. The number of hydrogen-bond acceptors (Lipinski definition) is 4. The van der Waals surface area contributed by atoms with Crippen LogP contribution in [-0.4, -0.2) is 47.7 Å². The van der Waals surface area contributed by atoms with Gasteiger partial charge in [0.1, 0.15) is 6.04 Å². The molecule has 1 fully saturated rings. The third kappa shape index (κ3) is 2.92. The van der Waals surface area contributed by atoms with E-state index >= 15 is 0 Å². The van der Waals surface area contributed by atoms with Crippen LogP contribution in [0.25, 0.3) is 10.8 Å². The van der Waals surface area contributed by atoms with Crippen molar-refractivity contribution < 1.29 is 19.4 Å². The molecule has 0 aliphatic carbocycles. The molecule has 0 bridgehead atoms. The molecule has 5 heteroatoms. The molecule has 120 valence electrons. The summed E-state index contributed by atoms with van der Waals surface area (Å²) in [6, 6.07) is 12.5. The molecule has 1 heterocycles. The van der Waals surface area contributed by atoms with E-state index < -0.39 is 18.1 Å². The largest absolute Gasteiger partial charge is 0.467 e. The van der Waals surface area contributed by atoms with Crippen LogP contribution in [0.1, 0.15) is 23.2 Å². The quantitative estimate of drug-likeness (QED) is 0.861. The highest BCUT2D eigenvalue weighted by molar-refractivity contribution is 6.08. The summed E-state index contributed by atoms with van der Waals surface area (Å²) in [5.41, 5.74) is 0.563. The Kier molecular flexibility index (Phi) is 4.30. The first-order valence-corrected chi connectivity index (χ1v) is 7.66. The predicted molar refractivity (Wildman–Crippen MR) is 86.0 cm³/mol. The number of amides is 1. The number of esters is 1. The van der Waals surface area contributed by atoms with Gasteiger partial charge in [-0.2, -0.15) is 0 Å². The zero-order valence-electron chi connectivity index (χ0n) is 12.9. The molecule has 1 aliphatic heterocycles. The van der Waals surface area contributed by atoms with Crippen molar-refractivity contribution in [2.24, 2.45) is 0 Å². The maximum absolute atomic E-state index is 13.0. The summed E-state index contributed by atoms with van der Waals surface area (Å²) in [7, 11) is 1.30. The van der Waals surface area contributed by atoms with Gasteiger partial charge in [-0.15, -0.1) is 0 Å². The Hall–Kier alpha value is -2.40. The van der Waals surface area contributed by atoms with Crippen LogP contribution in [0.2, 0.25) is 0 Å². The molecular weight excluding hydrogens is 294 g/mol. The van der Waals surface area contributed by atoms with Gasteiger partial charge >= 0.3 is 5.97 Å². The minimum atomic E-state index is -0.741. The molecule has 1 saturated heterocycles. The van der Waals surface area contributed by atoms with Crippen LogP contribution in [0.15, 0.2) is 42.5 Å². The number of carbonyl (C=O) groups is 2. The molecule has 0 radical (unpaired) electrons. The standard InChI is InChI=1S/C18H19NO4/c1-23-18(22)16-11-13(20)9-10-19(16)17(21)15-8-4-6-12-5-2-3-7-14(12)15/h2-8,13,16,20H,9-11H2,1H3/t13-,16+/m0/s1. The highest BCUT2D eigenvalue weighted by atomic mass is 16.5. The van der Waals surface area contributed by atoms with E-state index in [1.54, 1.807) is 6.07 Å². The van der Waals surface area contributed by atoms with Crippen LogP contribution in [-0.2, 0) is 9.53 Å². The van der Waals surface area contributed by atoms with Crippen molar-refractivity contribution in [1.29, 1.82) is 0 Å². The zero-order valence-corrected chi connectivity index (χ0v) is 12.9. The van der Waals surface area contributed by atoms with Crippen LogP contribution in [0.3, 0.4) is 0 Å². The summed E-state index contributed by atoms with van der Waals surface area (Å²) in [4.78, 5) is 26.5. The van der Waals surface area contributed by atoms with Crippen LogP contribution in [0, 0.1) is 0 Å². The highest BCUT2D eigenvalue weighted by Gasteiger charge is 2.37. The molecule has 2 atom stereocenters. The second-order valence-corrected chi connectivity index (χ2v) is 5.74. The number of fused-ring (bicyclic) bond motifs is 1. The van der Waals surface area contributed by atoms with Crippen molar-refractivity contribution in [1.82, 2.24) is 4.90 Å². The van der Waals surface area contributed by atoms with Gasteiger partial charge in [0.2, 0.25) is 0 Å². The van der Waals surface area contributed by atoms with Gasteiger partial charge in [-0.25, -0.2) is 4.79 Å². The predicted octanol–water partition coefficient (Wildman–Crippen LogP) is 1.98. The average molecular weight is 313 g/mol. The fraction of sp³-hybridized carbons (Fsp3) is 0.333. The summed E-state index contributed by atoms with van der Waals surface area (Å²) < 4.78 is 4.80. The summed E-state index contributed by atoms with van der Waals surface area (Å²) >= 11 is 0. The first-order chi connectivity index (χ1) is 11.1. The number of rotatable bonds is 2. The maximum Gasteiger partial charge on any atom is 0.328 e. The SMILES string of the molecule is COC(=O)[C@H]1C[C@@H](O)CCN1C(=O)c1cccc2ccccc12. The minimum Gasteiger partial charge on any atom is -0.467 e. The Morgan fingerprint density at radius 2 is 1.91 bits per heavy atom. The summed E-state index contributed by atoms with van der Waals surface area (Å²) in [6.45, 7) is 0.336. The molecule has 1 aliphatic rings. The fourth-order valence-electron chi connectivity index (χ4n) is 3.12.